The Kier molecular flexibility index (Phi) is 3.57. The van der Waals surface area contributed by atoms with Crippen molar-refractivity contribution in [3.8, 4) is 0 Å². The van der Waals surface area contributed by atoms with E-state index in [2.05, 4.69) is 28.9 Å². The summed E-state index contributed by atoms with van der Waals surface area (Å²) in [5.41, 5.74) is 4.42. The molecule has 0 saturated heterocycles. The van der Waals surface area contributed by atoms with E-state index in [-0.39, 0.29) is 0 Å². The fraction of sp³-hybridized carbons (Fsp3) is 0.333. The molecule has 1 aromatic carbocycles. The molecular formula is C12H16N2. The van der Waals surface area contributed by atoms with Gasteiger partial charge in [-0.1, -0.05) is 38.1 Å². The number of hydrogen-bond acceptors (Lipinski definition) is 2. The first kappa shape index (κ1) is 10.6. The van der Waals surface area contributed by atoms with Crippen LogP contribution in [0.5, 0.6) is 0 Å². The molecule has 0 spiro atoms. The van der Waals surface area contributed by atoms with Gasteiger partial charge in [0, 0.05) is 5.56 Å². The summed E-state index contributed by atoms with van der Waals surface area (Å²) in [6, 6.07) is 6.17. The molecule has 0 aromatic heterocycles. The standard InChI is InChI=1S/C10H10N2.C2H6/c1-7(2)8-3-4-9-6-11-12-10(9)5-8;1-2/h3-5H,1,6H2,2H3;1-2H3. The van der Waals surface area contributed by atoms with E-state index in [9.17, 15) is 0 Å². The monoisotopic (exact) mass is 188 g/mol. The molecule has 0 saturated carbocycles. The summed E-state index contributed by atoms with van der Waals surface area (Å²) >= 11 is 0. The molecule has 1 aliphatic heterocycles. The predicted molar refractivity (Wildman–Crippen MR) is 60.7 cm³/mol. The minimum atomic E-state index is 0.728. The van der Waals surface area contributed by atoms with Gasteiger partial charge in [-0.3, -0.25) is 0 Å². The van der Waals surface area contributed by atoms with Gasteiger partial charge in [-0.05, 0) is 18.6 Å². The van der Waals surface area contributed by atoms with E-state index in [0.29, 0.717) is 0 Å². The highest BCUT2D eigenvalue weighted by molar-refractivity contribution is 5.66. The topological polar surface area (TPSA) is 24.7 Å². The first-order chi connectivity index (χ1) is 6.77. The number of azo groups is 1. The molecule has 2 nitrogen and oxygen atoms in total. The van der Waals surface area contributed by atoms with Crippen LogP contribution in [0.4, 0.5) is 5.69 Å². The summed E-state index contributed by atoms with van der Waals surface area (Å²) in [7, 11) is 0. The van der Waals surface area contributed by atoms with E-state index in [1.165, 1.54) is 5.56 Å². The molecule has 14 heavy (non-hydrogen) atoms. The Balaban J connectivity index is 0.000000461. The van der Waals surface area contributed by atoms with Gasteiger partial charge in [-0.2, -0.15) is 10.2 Å². The van der Waals surface area contributed by atoms with Gasteiger partial charge in [-0.15, -0.1) is 0 Å². The summed E-state index contributed by atoms with van der Waals surface area (Å²) in [6.07, 6.45) is 0. The van der Waals surface area contributed by atoms with Crippen LogP contribution in [0.3, 0.4) is 0 Å². The molecule has 0 N–H and O–H groups in total. The van der Waals surface area contributed by atoms with Gasteiger partial charge in [0.1, 0.15) is 0 Å². The first-order valence-corrected chi connectivity index (χ1v) is 4.93. The normalized spacial score (nSPS) is 11.6. The second-order valence-electron chi connectivity index (χ2n) is 3.02. The van der Waals surface area contributed by atoms with Crippen molar-refractivity contribution in [3.63, 3.8) is 0 Å². The van der Waals surface area contributed by atoms with E-state index in [1.54, 1.807) is 0 Å². The largest absolute Gasteiger partial charge is 0.184 e. The molecule has 1 heterocycles. The number of rotatable bonds is 1. The fourth-order valence-electron chi connectivity index (χ4n) is 1.24. The van der Waals surface area contributed by atoms with Crippen molar-refractivity contribution < 1.29 is 0 Å². The summed E-state index contributed by atoms with van der Waals surface area (Å²) in [4.78, 5) is 0. The van der Waals surface area contributed by atoms with Gasteiger partial charge in [0.25, 0.3) is 0 Å². The molecule has 2 rings (SSSR count). The van der Waals surface area contributed by atoms with Crippen molar-refractivity contribution in [1.82, 2.24) is 0 Å². The number of hydrogen-bond donors (Lipinski definition) is 0. The van der Waals surface area contributed by atoms with Crippen LogP contribution in [0.2, 0.25) is 0 Å². The molecule has 0 unspecified atom stereocenters. The van der Waals surface area contributed by atoms with Crippen LogP contribution in [0.1, 0.15) is 31.9 Å². The van der Waals surface area contributed by atoms with E-state index in [1.807, 2.05) is 26.8 Å². The van der Waals surface area contributed by atoms with Crippen LogP contribution in [0.15, 0.2) is 35.0 Å². The molecule has 1 aromatic rings. The zero-order chi connectivity index (χ0) is 10.6. The Labute approximate surface area is 85.4 Å². The van der Waals surface area contributed by atoms with Crippen LogP contribution in [0, 0.1) is 0 Å². The minimum absolute atomic E-state index is 0.728. The maximum Gasteiger partial charge on any atom is 0.0910 e. The predicted octanol–water partition coefficient (Wildman–Crippen LogP) is 4.34. The highest BCUT2D eigenvalue weighted by Crippen LogP contribution is 2.29. The quantitative estimate of drug-likeness (QED) is 0.626. The molecule has 0 aliphatic carbocycles. The summed E-state index contributed by atoms with van der Waals surface area (Å²) in [6.45, 7) is 10.6. The molecule has 0 atom stereocenters. The van der Waals surface area contributed by atoms with Crippen LogP contribution in [0.25, 0.3) is 5.57 Å². The maximum atomic E-state index is 4.03. The molecule has 0 amide bonds. The first-order valence-electron chi connectivity index (χ1n) is 4.93. The second-order valence-corrected chi connectivity index (χ2v) is 3.02. The van der Waals surface area contributed by atoms with Crippen LogP contribution >= 0.6 is 0 Å². The van der Waals surface area contributed by atoms with Gasteiger partial charge in [0.05, 0.1) is 12.2 Å². The number of benzene rings is 1. The molecule has 0 radical (unpaired) electrons. The average Bonchev–Trinajstić information content (AvgIpc) is 2.67. The molecule has 1 aliphatic rings. The van der Waals surface area contributed by atoms with Crippen molar-refractivity contribution in [2.75, 3.05) is 0 Å². The number of fused-ring (bicyclic) bond motifs is 1. The Morgan fingerprint density at radius 1 is 1.36 bits per heavy atom. The average molecular weight is 188 g/mol. The van der Waals surface area contributed by atoms with Gasteiger partial charge in [-0.25, -0.2) is 0 Å². The molecule has 74 valence electrons. The van der Waals surface area contributed by atoms with Crippen molar-refractivity contribution in [2.45, 2.75) is 27.3 Å². The Morgan fingerprint density at radius 3 is 2.71 bits per heavy atom. The van der Waals surface area contributed by atoms with Crippen molar-refractivity contribution >= 4 is 11.3 Å². The minimum Gasteiger partial charge on any atom is -0.184 e. The van der Waals surface area contributed by atoms with Crippen LogP contribution in [-0.4, -0.2) is 0 Å². The van der Waals surface area contributed by atoms with E-state index in [4.69, 9.17) is 0 Å². The third kappa shape index (κ3) is 2.08. The third-order valence-corrected chi connectivity index (χ3v) is 2.00. The van der Waals surface area contributed by atoms with Gasteiger partial charge >= 0.3 is 0 Å². The molecule has 2 heteroatoms. The summed E-state index contributed by atoms with van der Waals surface area (Å²) in [5.74, 6) is 0. The van der Waals surface area contributed by atoms with Gasteiger partial charge in [0.2, 0.25) is 0 Å². The highest BCUT2D eigenvalue weighted by atomic mass is 15.1. The van der Waals surface area contributed by atoms with E-state index < -0.39 is 0 Å². The smallest absolute Gasteiger partial charge is 0.0910 e. The lowest BCUT2D eigenvalue weighted by Gasteiger charge is -2.00. The van der Waals surface area contributed by atoms with Gasteiger partial charge < -0.3 is 0 Å². The number of allylic oxidation sites excluding steroid dienone is 1. The fourth-order valence-corrected chi connectivity index (χ4v) is 1.24. The zero-order valence-electron chi connectivity index (χ0n) is 9.04. The summed E-state index contributed by atoms with van der Waals surface area (Å²) in [5, 5.41) is 7.97. The maximum absolute atomic E-state index is 4.03. The second kappa shape index (κ2) is 4.70. The van der Waals surface area contributed by atoms with Gasteiger partial charge in [0.15, 0.2) is 0 Å². The Morgan fingerprint density at radius 2 is 2.07 bits per heavy atom. The van der Waals surface area contributed by atoms with Crippen LogP contribution in [-0.2, 0) is 6.54 Å². The number of nitrogens with zero attached hydrogens (tertiary/aromatic N) is 2. The molecule has 0 fully saturated rings. The van der Waals surface area contributed by atoms with Crippen molar-refractivity contribution in [1.29, 1.82) is 0 Å². The van der Waals surface area contributed by atoms with E-state index >= 15 is 0 Å². The lowest BCUT2D eigenvalue weighted by Crippen LogP contribution is -1.80. The molecule has 0 bridgehead atoms. The lowest BCUT2D eigenvalue weighted by atomic mass is 10.1. The van der Waals surface area contributed by atoms with E-state index in [0.717, 1.165) is 23.4 Å². The van der Waals surface area contributed by atoms with Crippen LogP contribution < -0.4 is 0 Å². The Hall–Kier alpha value is -1.44. The van der Waals surface area contributed by atoms with Crippen molar-refractivity contribution in [2.24, 2.45) is 10.2 Å². The lowest BCUT2D eigenvalue weighted by molar-refractivity contribution is 1.04. The third-order valence-electron chi connectivity index (χ3n) is 2.00. The van der Waals surface area contributed by atoms with Crippen molar-refractivity contribution in [3.05, 3.63) is 35.9 Å². The zero-order valence-corrected chi connectivity index (χ0v) is 9.04. The molecular weight excluding hydrogens is 172 g/mol. The highest BCUT2D eigenvalue weighted by Gasteiger charge is 2.07. The SMILES string of the molecule is C=C(C)c1ccc2c(c1)N=NC2.CC. The Bertz CT molecular complexity index is 365. The summed E-state index contributed by atoms with van der Waals surface area (Å²) < 4.78 is 0.